The predicted octanol–water partition coefficient (Wildman–Crippen LogP) is 0.382. The number of hydrogen-bond acceptors (Lipinski definition) is 3. The Morgan fingerprint density at radius 2 is 1.62 bits per heavy atom. The number of amides is 2. The number of alkyl halides is 3. The molecule has 0 aliphatic carbocycles. The third kappa shape index (κ3) is 2.18. The van der Waals surface area contributed by atoms with Gasteiger partial charge in [-0.2, -0.15) is 13.2 Å². The Balaban J connectivity index is 1.84. The van der Waals surface area contributed by atoms with Crippen LogP contribution in [0.15, 0.2) is 0 Å². The molecule has 0 saturated carbocycles. The van der Waals surface area contributed by atoms with Crippen molar-refractivity contribution in [3.8, 4) is 0 Å². The first-order valence-electron chi connectivity index (χ1n) is 5.01. The normalized spacial score (nSPS) is 24.1. The Bertz CT molecular complexity index is 307. The zero-order valence-corrected chi connectivity index (χ0v) is 8.46. The van der Waals surface area contributed by atoms with Crippen LogP contribution in [0, 0.1) is 0 Å². The van der Waals surface area contributed by atoms with Crippen molar-refractivity contribution in [2.75, 3.05) is 19.6 Å². The molecule has 0 unspecified atom stereocenters. The molecule has 2 rings (SSSR count). The van der Waals surface area contributed by atoms with E-state index in [-0.39, 0.29) is 43.8 Å². The Labute approximate surface area is 90.0 Å². The molecule has 2 fully saturated rings. The third-order valence-corrected chi connectivity index (χ3v) is 2.80. The van der Waals surface area contributed by atoms with Crippen LogP contribution in [-0.4, -0.2) is 53.5 Å². The van der Waals surface area contributed by atoms with Crippen molar-refractivity contribution in [2.24, 2.45) is 0 Å². The Morgan fingerprint density at radius 3 is 2.06 bits per heavy atom. The van der Waals surface area contributed by atoms with Crippen LogP contribution in [0.3, 0.4) is 0 Å². The third-order valence-electron chi connectivity index (χ3n) is 2.80. The Morgan fingerprint density at radius 1 is 1.12 bits per heavy atom. The van der Waals surface area contributed by atoms with E-state index in [2.05, 4.69) is 0 Å². The molecule has 4 nitrogen and oxygen atoms in total. The van der Waals surface area contributed by atoms with E-state index in [0.717, 1.165) is 4.90 Å². The molecule has 90 valence electrons. The summed E-state index contributed by atoms with van der Waals surface area (Å²) in [6.07, 6.45) is -3.84. The van der Waals surface area contributed by atoms with Gasteiger partial charge < -0.3 is 0 Å². The van der Waals surface area contributed by atoms with Crippen LogP contribution in [0.1, 0.15) is 12.8 Å². The number of carbonyl (C=O) groups excluding carboxylic acids is 2. The van der Waals surface area contributed by atoms with Crippen LogP contribution in [0.5, 0.6) is 0 Å². The van der Waals surface area contributed by atoms with E-state index < -0.39 is 12.7 Å². The van der Waals surface area contributed by atoms with Crippen LogP contribution in [0.2, 0.25) is 0 Å². The fraction of sp³-hybridized carbons (Fsp3) is 0.778. The van der Waals surface area contributed by atoms with Crippen molar-refractivity contribution >= 4 is 11.8 Å². The summed E-state index contributed by atoms with van der Waals surface area (Å²) < 4.78 is 36.0. The highest BCUT2D eigenvalue weighted by Crippen LogP contribution is 2.25. The molecule has 0 aromatic carbocycles. The van der Waals surface area contributed by atoms with Crippen molar-refractivity contribution in [1.29, 1.82) is 0 Å². The maximum Gasteiger partial charge on any atom is 0.401 e. The Kier molecular flexibility index (Phi) is 2.65. The second-order valence-electron chi connectivity index (χ2n) is 4.12. The highest BCUT2D eigenvalue weighted by molar-refractivity contribution is 6.02. The second kappa shape index (κ2) is 3.73. The average Bonchev–Trinajstić information content (AvgIpc) is 2.38. The van der Waals surface area contributed by atoms with Crippen molar-refractivity contribution < 1.29 is 22.8 Å². The first-order valence-corrected chi connectivity index (χ1v) is 5.01. The van der Waals surface area contributed by atoms with Crippen molar-refractivity contribution in [3.63, 3.8) is 0 Å². The molecule has 2 amide bonds. The standard InChI is InChI=1S/C9H11F3N2O2/c10-9(11,12)5-13-3-6(4-13)14-7(15)1-2-8(14)16/h6H,1-5H2. The van der Waals surface area contributed by atoms with E-state index >= 15 is 0 Å². The monoisotopic (exact) mass is 236 g/mol. The summed E-state index contributed by atoms with van der Waals surface area (Å²) in [6, 6.07) is -0.357. The second-order valence-corrected chi connectivity index (χ2v) is 4.12. The van der Waals surface area contributed by atoms with Gasteiger partial charge in [-0.15, -0.1) is 0 Å². The molecule has 2 heterocycles. The van der Waals surface area contributed by atoms with Gasteiger partial charge in [0.15, 0.2) is 0 Å². The van der Waals surface area contributed by atoms with E-state index in [1.54, 1.807) is 0 Å². The lowest BCUT2D eigenvalue weighted by Gasteiger charge is -2.43. The summed E-state index contributed by atoms with van der Waals surface area (Å²) in [5.74, 6) is -0.525. The van der Waals surface area contributed by atoms with Crippen LogP contribution in [-0.2, 0) is 9.59 Å². The van der Waals surface area contributed by atoms with Gasteiger partial charge in [-0.25, -0.2) is 0 Å². The molecule has 0 atom stereocenters. The summed E-state index contributed by atoms with van der Waals surface area (Å²) in [7, 11) is 0. The summed E-state index contributed by atoms with van der Waals surface area (Å²) in [6.45, 7) is -0.701. The molecule has 0 aromatic heterocycles. The lowest BCUT2D eigenvalue weighted by Crippen LogP contribution is -2.62. The smallest absolute Gasteiger partial charge is 0.291 e. The maximum atomic E-state index is 12.0. The zero-order valence-electron chi connectivity index (χ0n) is 8.46. The first-order chi connectivity index (χ1) is 7.37. The summed E-state index contributed by atoms with van der Waals surface area (Å²) in [5, 5.41) is 0. The summed E-state index contributed by atoms with van der Waals surface area (Å²) >= 11 is 0. The molecule has 2 aliphatic heterocycles. The molecule has 7 heteroatoms. The van der Waals surface area contributed by atoms with E-state index in [1.165, 1.54) is 4.90 Å². The minimum atomic E-state index is -4.22. The maximum absolute atomic E-state index is 12.0. The van der Waals surface area contributed by atoms with Crippen LogP contribution in [0.25, 0.3) is 0 Å². The molecule has 2 aliphatic rings. The molecule has 0 N–H and O–H groups in total. The fourth-order valence-electron chi connectivity index (χ4n) is 2.09. The highest BCUT2D eigenvalue weighted by atomic mass is 19.4. The van der Waals surface area contributed by atoms with Crippen molar-refractivity contribution in [2.45, 2.75) is 25.1 Å². The first kappa shape index (κ1) is 11.4. The molecule has 16 heavy (non-hydrogen) atoms. The Hall–Kier alpha value is -1.11. The number of likely N-dealkylation sites (tertiary alicyclic amines) is 2. The fourth-order valence-corrected chi connectivity index (χ4v) is 2.09. The van der Waals surface area contributed by atoms with Gasteiger partial charge in [0.05, 0.1) is 12.6 Å². The number of rotatable bonds is 2. The van der Waals surface area contributed by atoms with E-state index in [9.17, 15) is 22.8 Å². The minimum absolute atomic E-state index is 0.136. The molecule has 0 aromatic rings. The van der Waals surface area contributed by atoms with E-state index in [4.69, 9.17) is 0 Å². The number of halogens is 3. The summed E-state index contributed by atoms with van der Waals surface area (Å²) in [5.41, 5.74) is 0. The van der Waals surface area contributed by atoms with Gasteiger partial charge >= 0.3 is 6.18 Å². The van der Waals surface area contributed by atoms with Crippen LogP contribution < -0.4 is 0 Å². The SMILES string of the molecule is O=C1CCC(=O)N1C1CN(CC(F)(F)F)C1. The van der Waals surface area contributed by atoms with Gasteiger partial charge in [0.2, 0.25) is 11.8 Å². The lowest BCUT2D eigenvalue weighted by atomic mass is 10.1. The van der Waals surface area contributed by atoms with Crippen molar-refractivity contribution in [1.82, 2.24) is 9.80 Å². The number of hydrogen-bond donors (Lipinski definition) is 0. The average molecular weight is 236 g/mol. The van der Waals surface area contributed by atoms with Gasteiger partial charge in [-0.05, 0) is 0 Å². The van der Waals surface area contributed by atoms with Crippen LogP contribution in [0.4, 0.5) is 13.2 Å². The van der Waals surface area contributed by atoms with Gasteiger partial charge in [-0.1, -0.05) is 0 Å². The van der Waals surface area contributed by atoms with Crippen LogP contribution >= 0.6 is 0 Å². The largest absolute Gasteiger partial charge is 0.401 e. The minimum Gasteiger partial charge on any atom is -0.291 e. The summed E-state index contributed by atoms with van der Waals surface area (Å²) in [4.78, 5) is 24.9. The molecular weight excluding hydrogens is 225 g/mol. The molecule has 0 bridgehead atoms. The molecule has 0 spiro atoms. The molecule has 2 saturated heterocycles. The molecular formula is C9H11F3N2O2. The number of nitrogens with zero attached hydrogens (tertiary/aromatic N) is 2. The number of carbonyl (C=O) groups is 2. The number of imide groups is 1. The predicted molar refractivity (Wildman–Crippen MR) is 47.4 cm³/mol. The van der Waals surface area contributed by atoms with Gasteiger partial charge in [-0.3, -0.25) is 19.4 Å². The van der Waals surface area contributed by atoms with E-state index in [0.29, 0.717) is 0 Å². The van der Waals surface area contributed by atoms with Gasteiger partial charge in [0.25, 0.3) is 0 Å². The zero-order chi connectivity index (χ0) is 11.9. The van der Waals surface area contributed by atoms with Gasteiger partial charge in [0.1, 0.15) is 0 Å². The van der Waals surface area contributed by atoms with E-state index in [1.807, 2.05) is 0 Å². The lowest BCUT2D eigenvalue weighted by molar-refractivity contribution is -0.164. The molecule has 0 radical (unpaired) electrons. The highest BCUT2D eigenvalue weighted by Gasteiger charge is 2.44. The topological polar surface area (TPSA) is 40.6 Å². The quantitative estimate of drug-likeness (QED) is 0.651. The van der Waals surface area contributed by atoms with Crippen molar-refractivity contribution in [3.05, 3.63) is 0 Å². The van der Waals surface area contributed by atoms with Gasteiger partial charge in [0, 0.05) is 25.9 Å².